The Kier molecular flexibility index (Phi) is 3.14. The van der Waals surface area contributed by atoms with E-state index in [1.807, 2.05) is 6.92 Å². The van der Waals surface area contributed by atoms with E-state index in [1.54, 1.807) is 32.0 Å². The van der Waals surface area contributed by atoms with E-state index in [0.29, 0.717) is 0 Å². The first-order valence-corrected chi connectivity index (χ1v) is 6.06. The van der Waals surface area contributed by atoms with Crippen molar-refractivity contribution in [2.24, 2.45) is 5.92 Å². The third-order valence-electron chi connectivity index (χ3n) is 3.24. The second kappa shape index (κ2) is 4.50. The van der Waals surface area contributed by atoms with Crippen LogP contribution in [0.15, 0.2) is 18.2 Å². The quantitative estimate of drug-likeness (QED) is 0.840. The second-order valence-corrected chi connectivity index (χ2v) is 5.06. The van der Waals surface area contributed by atoms with Crippen LogP contribution in [0.3, 0.4) is 0 Å². The molecule has 1 heterocycles. The summed E-state index contributed by atoms with van der Waals surface area (Å²) in [6.07, 6.45) is 0. The van der Waals surface area contributed by atoms with E-state index in [0.717, 1.165) is 10.5 Å². The Labute approximate surface area is 110 Å². The molecule has 0 saturated heterocycles. The summed E-state index contributed by atoms with van der Waals surface area (Å²) in [5, 5.41) is 9.23. The summed E-state index contributed by atoms with van der Waals surface area (Å²) in [5.41, 5.74) is 1.43. The lowest BCUT2D eigenvalue weighted by atomic mass is 10.0. The lowest BCUT2D eigenvalue weighted by Crippen LogP contribution is -2.47. The first-order chi connectivity index (χ1) is 8.84. The Bertz CT molecular complexity index is 577. The molecule has 2 rings (SSSR count). The summed E-state index contributed by atoms with van der Waals surface area (Å²) in [6, 6.07) is 3.80. The molecule has 0 bridgehead atoms. The van der Waals surface area contributed by atoms with Crippen LogP contribution in [0.1, 0.15) is 40.1 Å². The van der Waals surface area contributed by atoms with Gasteiger partial charge in [0.1, 0.15) is 6.04 Å². The summed E-state index contributed by atoms with van der Waals surface area (Å²) in [7, 11) is 0. The summed E-state index contributed by atoms with van der Waals surface area (Å²) >= 11 is 0. The van der Waals surface area contributed by atoms with Crippen LogP contribution in [0.25, 0.3) is 0 Å². The van der Waals surface area contributed by atoms with Crippen LogP contribution in [0.4, 0.5) is 0 Å². The number of amides is 2. The zero-order chi connectivity index (χ0) is 14.3. The molecule has 0 aromatic heterocycles. The van der Waals surface area contributed by atoms with Crippen molar-refractivity contribution in [3.63, 3.8) is 0 Å². The van der Waals surface area contributed by atoms with Crippen molar-refractivity contribution in [1.29, 1.82) is 0 Å². The number of rotatable bonds is 3. The molecule has 0 unspecified atom stereocenters. The minimum absolute atomic E-state index is 0.280. The number of carbonyl (C=O) groups excluding carboxylic acids is 2. The van der Waals surface area contributed by atoms with E-state index in [2.05, 4.69) is 0 Å². The van der Waals surface area contributed by atoms with Crippen LogP contribution in [0.2, 0.25) is 0 Å². The van der Waals surface area contributed by atoms with Crippen molar-refractivity contribution >= 4 is 17.8 Å². The van der Waals surface area contributed by atoms with Gasteiger partial charge in [-0.3, -0.25) is 14.5 Å². The Hall–Kier alpha value is -2.17. The number of hydrogen-bond donors (Lipinski definition) is 1. The van der Waals surface area contributed by atoms with Gasteiger partial charge in [0, 0.05) is 0 Å². The van der Waals surface area contributed by atoms with Crippen LogP contribution < -0.4 is 0 Å². The molecule has 0 aliphatic carbocycles. The number of nitrogens with zero attached hydrogens (tertiary/aromatic N) is 1. The fraction of sp³-hybridized carbons (Fsp3) is 0.357. The topological polar surface area (TPSA) is 74.7 Å². The minimum atomic E-state index is -1.17. The number of imide groups is 1. The normalized spacial score (nSPS) is 15.9. The van der Waals surface area contributed by atoms with Crippen LogP contribution in [0, 0.1) is 12.8 Å². The first kappa shape index (κ1) is 13.3. The van der Waals surface area contributed by atoms with Crippen LogP contribution in [-0.2, 0) is 4.79 Å². The maximum atomic E-state index is 12.3. The van der Waals surface area contributed by atoms with Crippen molar-refractivity contribution in [3.05, 3.63) is 34.9 Å². The first-order valence-electron chi connectivity index (χ1n) is 6.06. The van der Waals surface area contributed by atoms with E-state index in [1.165, 1.54) is 0 Å². The van der Waals surface area contributed by atoms with Gasteiger partial charge in [-0.1, -0.05) is 25.5 Å². The molecular weight excluding hydrogens is 246 g/mol. The molecule has 1 N–H and O–H groups in total. The molecule has 0 spiro atoms. The average molecular weight is 261 g/mol. The molecule has 1 aromatic carbocycles. The summed E-state index contributed by atoms with van der Waals surface area (Å²) in [6.45, 7) is 5.17. The number of carboxylic acid groups (broad SMARTS) is 1. The van der Waals surface area contributed by atoms with Gasteiger partial charge < -0.3 is 5.11 Å². The Balaban J connectivity index is 2.50. The highest BCUT2D eigenvalue weighted by molar-refractivity contribution is 6.22. The maximum absolute atomic E-state index is 12.3. The predicted molar refractivity (Wildman–Crippen MR) is 67.9 cm³/mol. The van der Waals surface area contributed by atoms with E-state index < -0.39 is 23.8 Å². The van der Waals surface area contributed by atoms with Crippen LogP contribution in [0.5, 0.6) is 0 Å². The summed E-state index contributed by atoms with van der Waals surface area (Å²) < 4.78 is 0. The lowest BCUT2D eigenvalue weighted by molar-refractivity contribution is -0.143. The van der Waals surface area contributed by atoms with Crippen molar-refractivity contribution in [2.75, 3.05) is 0 Å². The molecule has 2 amide bonds. The van der Waals surface area contributed by atoms with E-state index in [-0.39, 0.29) is 17.0 Å². The van der Waals surface area contributed by atoms with Gasteiger partial charge in [0.25, 0.3) is 11.8 Å². The third-order valence-corrected chi connectivity index (χ3v) is 3.24. The Morgan fingerprint density at radius 2 is 1.74 bits per heavy atom. The monoisotopic (exact) mass is 261 g/mol. The van der Waals surface area contributed by atoms with E-state index in [4.69, 9.17) is 0 Å². The smallest absolute Gasteiger partial charge is 0.327 e. The molecule has 0 radical (unpaired) electrons. The van der Waals surface area contributed by atoms with Gasteiger partial charge in [-0.2, -0.15) is 0 Å². The molecule has 5 nitrogen and oxygen atoms in total. The van der Waals surface area contributed by atoms with Gasteiger partial charge in [-0.15, -0.1) is 0 Å². The second-order valence-electron chi connectivity index (χ2n) is 5.06. The number of fused-ring (bicyclic) bond motifs is 1. The number of carboxylic acids is 1. The average Bonchev–Trinajstić information content (AvgIpc) is 2.53. The number of hydrogen-bond acceptors (Lipinski definition) is 3. The molecule has 100 valence electrons. The number of carbonyl (C=O) groups is 3. The maximum Gasteiger partial charge on any atom is 0.327 e. The standard InChI is InChI=1S/C14H15NO4/c1-7(2)11(14(18)19)15-12(16)9-5-4-8(3)6-10(9)13(15)17/h4-7,11H,1-3H3,(H,18,19)/t11-/m0/s1. The molecule has 5 heteroatoms. The SMILES string of the molecule is Cc1ccc2c(c1)C(=O)N([C@H](C(=O)O)C(C)C)C2=O. The summed E-state index contributed by atoms with van der Waals surface area (Å²) in [5.74, 6) is -2.56. The lowest BCUT2D eigenvalue weighted by Gasteiger charge is -2.25. The predicted octanol–water partition coefficient (Wildman–Crippen LogP) is 1.70. The molecule has 1 aromatic rings. The zero-order valence-electron chi connectivity index (χ0n) is 11.0. The number of aliphatic carboxylic acids is 1. The molecule has 1 atom stereocenters. The van der Waals surface area contributed by atoms with Gasteiger partial charge in [0.2, 0.25) is 0 Å². The van der Waals surface area contributed by atoms with Crippen molar-refractivity contribution in [1.82, 2.24) is 4.90 Å². The zero-order valence-corrected chi connectivity index (χ0v) is 11.0. The fourth-order valence-corrected chi connectivity index (χ4v) is 2.32. The van der Waals surface area contributed by atoms with E-state index in [9.17, 15) is 19.5 Å². The van der Waals surface area contributed by atoms with Crippen LogP contribution >= 0.6 is 0 Å². The third kappa shape index (κ3) is 2.01. The number of aryl methyl sites for hydroxylation is 1. The van der Waals surface area contributed by atoms with E-state index >= 15 is 0 Å². The Morgan fingerprint density at radius 1 is 1.16 bits per heavy atom. The van der Waals surface area contributed by atoms with Crippen molar-refractivity contribution in [2.45, 2.75) is 26.8 Å². The fourth-order valence-electron chi connectivity index (χ4n) is 2.32. The number of benzene rings is 1. The molecule has 1 aliphatic rings. The van der Waals surface area contributed by atoms with Crippen molar-refractivity contribution in [3.8, 4) is 0 Å². The molecule has 1 aliphatic heterocycles. The van der Waals surface area contributed by atoms with Crippen molar-refractivity contribution < 1.29 is 19.5 Å². The largest absolute Gasteiger partial charge is 0.480 e. The summed E-state index contributed by atoms with van der Waals surface area (Å²) in [4.78, 5) is 36.6. The molecular formula is C14H15NO4. The molecule has 0 fully saturated rings. The highest BCUT2D eigenvalue weighted by Gasteiger charge is 2.44. The van der Waals surface area contributed by atoms with Gasteiger partial charge >= 0.3 is 5.97 Å². The minimum Gasteiger partial charge on any atom is -0.480 e. The van der Waals surface area contributed by atoms with Gasteiger partial charge in [0.05, 0.1) is 11.1 Å². The van der Waals surface area contributed by atoms with Gasteiger partial charge in [-0.25, -0.2) is 4.79 Å². The highest BCUT2D eigenvalue weighted by atomic mass is 16.4. The molecule has 19 heavy (non-hydrogen) atoms. The van der Waals surface area contributed by atoms with Gasteiger partial charge in [0.15, 0.2) is 0 Å². The highest BCUT2D eigenvalue weighted by Crippen LogP contribution is 2.28. The van der Waals surface area contributed by atoms with Gasteiger partial charge in [-0.05, 0) is 25.0 Å². The van der Waals surface area contributed by atoms with Crippen LogP contribution in [-0.4, -0.2) is 33.8 Å². The molecule has 0 saturated carbocycles. The Morgan fingerprint density at radius 3 is 2.26 bits per heavy atom.